The molecule has 0 radical (unpaired) electrons. The van der Waals surface area contributed by atoms with Crippen LogP contribution in [0.5, 0.6) is 0 Å². The molecule has 1 saturated carbocycles. The summed E-state index contributed by atoms with van der Waals surface area (Å²) in [6.45, 7) is 6.08. The second-order valence-electron chi connectivity index (χ2n) is 5.93. The van der Waals surface area contributed by atoms with Crippen LogP contribution in [-0.2, 0) is 0 Å². The molecule has 1 aliphatic rings. The van der Waals surface area contributed by atoms with Crippen LogP contribution in [0.1, 0.15) is 39.5 Å². The highest BCUT2D eigenvalue weighted by Crippen LogP contribution is 2.32. The molecule has 2 nitrogen and oxygen atoms in total. The number of rotatable bonds is 5. The lowest BCUT2D eigenvalue weighted by molar-refractivity contribution is 0.0507. The number of aliphatic hydroxyl groups excluding tert-OH is 1. The Hall–Kier alpha value is -1.09. The molecule has 0 spiro atoms. The Balaban J connectivity index is 2.03. The molecule has 3 heteroatoms. The molecule has 3 atom stereocenters. The summed E-state index contributed by atoms with van der Waals surface area (Å²) in [6.07, 6.45) is 4.19. The van der Waals surface area contributed by atoms with E-state index in [4.69, 9.17) is 0 Å². The Labute approximate surface area is 121 Å². The number of hydrogen-bond acceptors (Lipinski definition) is 2. The van der Waals surface area contributed by atoms with Gasteiger partial charge in [0.05, 0.1) is 6.10 Å². The van der Waals surface area contributed by atoms with Gasteiger partial charge in [0.25, 0.3) is 0 Å². The first kappa shape index (κ1) is 15.3. The minimum Gasteiger partial charge on any atom is -0.393 e. The molecular formula is C17H26FNO. The van der Waals surface area contributed by atoms with Gasteiger partial charge >= 0.3 is 0 Å². The van der Waals surface area contributed by atoms with E-state index in [1.807, 2.05) is 12.1 Å². The number of nitrogens with zero attached hydrogens (tertiary/aromatic N) is 1. The Morgan fingerprint density at radius 2 is 1.90 bits per heavy atom. The van der Waals surface area contributed by atoms with Crippen LogP contribution in [0.25, 0.3) is 0 Å². The van der Waals surface area contributed by atoms with Crippen molar-refractivity contribution in [2.45, 2.75) is 45.6 Å². The van der Waals surface area contributed by atoms with Crippen molar-refractivity contribution >= 4 is 5.69 Å². The molecule has 0 aromatic heterocycles. The van der Waals surface area contributed by atoms with E-state index in [0.29, 0.717) is 5.92 Å². The number of halogens is 1. The molecule has 1 aromatic rings. The Morgan fingerprint density at radius 1 is 1.20 bits per heavy atom. The third kappa shape index (κ3) is 3.72. The summed E-state index contributed by atoms with van der Waals surface area (Å²) in [4.78, 5) is 2.24. The van der Waals surface area contributed by atoms with Crippen LogP contribution in [0.15, 0.2) is 24.3 Å². The zero-order valence-electron chi connectivity index (χ0n) is 12.6. The van der Waals surface area contributed by atoms with Gasteiger partial charge in [-0.15, -0.1) is 0 Å². The maximum atomic E-state index is 13.0. The van der Waals surface area contributed by atoms with Crippen molar-refractivity contribution in [2.75, 3.05) is 18.0 Å². The van der Waals surface area contributed by atoms with E-state index in [9.17, 15) is 9.50 Å². The number of hydrogen-bond donors (Lipinski definition) is 1. The van der Waals surface area contributed by atoms with E-state index >= 15 is 0 Å². The fraction of sp³-hybridized carbons (Fsp3) is 0.647. The largest absolute Gasteiger partial charge is 0.393 e. The Bertz CT molecular complexity index is 406. The lowest BCUT2D eigenvalue weighted by Gasteiger charge is -2.37. The topological polar surface area (TPSA) is 23.5 Å². The van der Waals surface area contributed by atoms with Crippen molar-refractivity contribution in [2.24, 2.45) is 11.8 Å². The molecule has 3 unspecified atom stereocenters. The van der Waals surface area contributed by atoms with Crippen LogP contribution < -0.4 is 4.90 Å². The highest BCUT2D eigenvalue weighted by atomic mass is 19.1. The molecule has 0 aliphatic heterocycles. The molecule has 1 aliphatic carbocycles. The van der Waals surface area contributed by atoms with Crippen molar-refractivity contribution < 1.29 is 9.50 Å². The third-order valence-electron chi connectivity index (χ3n) is 4.66. The monoisotopic (exact) mass is 279 g/mol. The minimum atomic E-state index is -0.200. The SMILES string of the molecule is CCC1CCC(O)C(CN(CC)c2ccc(F)cc2)C1. The summed E-state index contributed by atoms with van der Waals surface area (Å²) in [5.41, 5.74) is 1.04. The number of benzene rings is 1. The fourth-order valence-electron chi connectivity index (χ4n) is 3.26. The zero-order chi connectivity index (χ0) is 14.5. The van der Waals surface area contributed by atoms with E-state index < -0.39 is 0 Å². The first-order chi connectivity index (χ1) is 9.63. The predicted molar refractivity (Wildman–Crippen MR) is 81.4 cm³/mol. The van der Waals surface area contributed by atoms with Crippen LogP contribution in [0.4, 0.5) is 10.1 Å². The van der Waals surface area contributed by atoms with Gasteiger partial charge in [-0.25, -0.2) is 4.39 Å². The van der Waals surface area contributed by atoms with Crippen LogP contribution in [-0.4, -0.2) is 24.3 Å². The van der Waals surface area contributed by atoms with Crippen molar-refractivity contribution in [3.63, 3.8) is 0 Å². The summed E-state index contributed by atoms with van der Waals surface area (Å²) < 4.78 is 13.0. The van der Waals surface area contributed by atoms with Gasteiger partial charge in [-0.3, -0.25) is 0 Å². The quantitative estimate of drug-likeness (QED) is 0.885. The summed E-state index contributed by atoms with van der Waals surface area (Å²) in [5.74, 6) is 0.877. The molecule has 1 fully saturated rings. The maximum Gasteiger partial charge on any atom is 0.123 e. The average Bonchev–Trinajstić information content (AvgIpc) is 2.47. The molecule has 20 heavy (non-hydrogen) atoms. The van der Waals surface area contributed by atoms with Crippen molar-refractivity contribution in [1.82, 2.24) is 0 Å². The van der Waals surface area contributed by atoms with E-state index in [-0.39, 0.29) is 11.9 Å². The van der Waals surface area contributed by atoms with Crippen LogP contribution >= 0.6 is 0 Å². The second kappa shape index (κ2) is 7.07. The summed E-state index contributed by atoms with van der Waals surface area (Å²) >= 11 is 0. The van der Waals surface area contributed by atoms with Gasteiger partial charge in [0.1, 0.15) is 5.82 Å². The maximum absolute atomic E-state index is 13.0. The molecule has 0 saturated heterocycles. The van der Waals surface area contributed by atoms with Gasteiger partial charge in [0.2, 0.25) is 0 Å². The normalized spacial score (nSPS) is 26.5. The third-order valence-corrected chi connectivity index (χ3v) is 4.66. The lowest BCUT2D eigenvalue weighted by Crippen LogP contribution is -2.39. The molecule has 0 bridgehead atoms. The second-order valence-corrected chi connectivity index (χ2v) is 5.93. The standard InChI is InChI=1S/C17H26FNO/c1-3-13-5-10-17(20)14(11-13)12-19(4-2)16-8-6-15(18)7-9-16/h6-9,13-14,17,20H,3-5,10-12H2,1-2H3. The van der Waals surface area contributed by atoms with Crippen molar-refractivity contribution in [1.29, 1.82) is 0 Å². The molecule has 0 amide bonds. The molecular weight excluding hydrogens is 253 g/mol. The molecule has 1 N–H and O–H groups in total. The van der Waals surface area contributed by atoms with Crippen LogP contribution in [0.3, 0.4) is 0 Å². The van der Waals surface area contributed by atoms with E-state index in [0.717, 1.165) is 44.0 Å². The highest BCUT2D eigenvalue weighted by molar-refractivity contribution is 5.46. The van der Waals surface area contributed by atoms with Gasteiger partial charge in [0, 0.05) is 24.7 Å². The molecule has 2 rings (SSSR count). The minimum absolute atomic E-state index is 0.188. The molecule has 0 heterocycles. The smallest absolute Gasteiger partial charge is 0.123 e. The molecule has 112 valence electrons. The Kier molecular flexibility index (Phi) is 5.41. The zero-order valence-corrected chi connectivity index (χ0v) is 12.6. The first-order valence-electron chi connectivity index (χ1n) is 7.82. The van der Waals surface area contributed by atoms with Gasteiger partial charge in [0.15, 0.2) is 0 Å². The number of anilines is 1. The fourth-order valence-corrected chi connectivity index (χ4v) is 3.26. The van der Waals surface area contributed by atoms with Gasteiger partial charge < -0.3 is 10.0 Å². The van der Waals surface area contributed by atoms with Crippen molar-refractivity contribution in [3.05, 3.63) is 30.1 Å². The van der Waals surface area contributed by atoms with E-state index in [1.165, 1.54) is 18.6 Å². The first-order valence-corrected chi connectivity index (χ1v) is 7.82. The average molecular weight is 279 g/mol. The van der Waals surface area contributed by atoms with Crippen molar-refractivity contribution in [3.8, 4) is 0 Å². The van der Waals surface area contributed by atoms with Crippen LogP contribution in [0, 0.1) is 17.7 Å². The van der Waals surface area contributed by atoms with Gasteiger partial charge in [-0.2, -0.15) is 0 Å². The predicted octanol–water partition coefficient (Wildman–Crippen LogP) is 3.84. The summed E-state index contributed by atoms with van der Waals surface area (Å²) in [6, 6.07) is 6.66. The van der Waals surface area contributed by atoms with Gasteiger partial charge in [-0.1, -0.05) is 13.3 Å². The van der Waals surface area contributed by atoms with E-state index in [1.54, 1.807) is 0 Å². The summed E-state index contributed by atoms with van der Waals surface area (Å²) in [7, 11) is 0. The van der Waals surface area contributed by atoms with E-state index in [2.05, 4.69) is 18.7 Å². The highest BCUT2D eigenvalue weighted by Gasteiger charge is 2.29. The lowest BCUT2D eigenvalue weighted by atomic mass is 9.78. The van der Waals surface area contributed by atoms with Gasteiger partial charge in [-0.05, 0) is 56.4 Å². The Morgan fingerprint density at radius 3 is 2.50 bits per heavy atom. The number of aliphatic hydroxyl groups is 1. The summed E-state index contributed by atoms with van der Waals surface area (Å²) in [5, 5.41) is 10.2. The molecule has 1 aromatic carbocycles. The van der Waals surface area contributed by atoms with Crippen LogP contribution in [0.2, 0.25) is 0 Å².